The molecule has 1 N–H and O–H groups in total. The fourth-order valence-electron chi connectivity index (χ4n) is 2.17. The number of halogens is 2. The van der Waals surface area contributed by atoms with Crippen LogP contribution in [0, 0.1) is 17.2 Å². The normalized spacial score (nSPS) is 18.6. The number of anilines is 1. The first-order valence-corrected chi connectivity index (χ1v) is 6.19. The van der Waals surface area contributed by atoms with Crippen molar-refractivity contribution in [3.05, 3.63) is 29.8 Å². The Bertz CT molecular complexity index is 495. The van der Waals surface area contributed by atoms with E-state index in [0.717, 1.165) is 0 Å². The third-order valence-electron chi connectivity index (χ3n) is 3.37. The quantitative estimate of drug-likeness (QED) is 0.890. The van der Waals surface area contributed by atoms with Crippen molar-refractivity contribution in [2.45, 2.75) is 31.6 Å². The lowest BCUT2D eigenvalue weighted by molar-refractivity contribution is -0.124. The van der Waals surface area contributed by atoms with Gasteiger partial charge in [-0.25, -0.2) is 8.78 Å². The Morgan fingerprint density at radius 2 is 1.84 bits per heavy atom. The molecule has 19 heavy (non-hydrogen) atoms. The first-order valence-electron chi connectivity index (χ1n) is 6.19. The maximum absolute atomic E-state index is 13.0. The zero-order valence-corrected chi connectivity index (χ0v) is 10.3. The third kappa shape index (κ3) is 3.50. The number of alkyl halides is 2. The van der Waals surface area contributed by atoms with Crippen LogP contribution >= 0.6 is 0 Å². The van der Waals surface area contributed by atoms with Crippen molar-refractivity contribution in [1.29, 1.82) is 5.26 Å². The van der Waals surface area contributed by atoms with Crippen molar-refractivity contribution >= 4 is 11.6 Å². The van der Waals surface area contributed by atoms with Crippen molar-refractivity contribution in [2.24, 2.45) is 5.92 Å². The summed E-state index contributed by atoms with van der Waals surface area (Å²) in [5.41, 5.74) is 1.09. The molecule has 1 aliphatic carbocycles. The number of carbonyl (C=O) groups excluding carboxylic acids is 1. The van der Waals surface area contributed by atoms with Gasteiger partial charge >= 0.3 is 0 Å². The highest BCUT2D eigenvalue weighted by Crippen LogP contribution is 2.36. The lowest BCUT2D eigenvalue weighted by Crippen LogP contribution is -2.31. The monoisotopic (exact) mass is 264 g/mol. The number of hydrogen-bond acceptors (Lipinski definition) is 2. The Morgan fingerprint density at radius 1 is 1.26 bits per heavy atom. The Hall–Kier alpha value is -1.96. The van der Waals surface area contributed by atoms with Gasteiger partial charge in [-0.3, -0.25) is 4.79 Å². The van der Waals surface area contributed by atoms with E-state index in [2.05, 4.69) is 5.32 Å². The number of benzene rings is 1. The Labute approximate surface area is 110 Å². The summed E-state index contributed by atoms with van der Waals surface area (Å²) in [6.45, 7) is 0. The van der Waals surface area contributed by atoms with E-state index >= 15 is 0 Å². The van der Waals surface area contributed by atoms with Crippen LogP contribution < -0.4 is 5.32 Å². The molecule has 0 spiro atoms. The number of nitrogens with zero attached hydrogens (tertiary/aromatic N) is 1. The van der Waals surface area contributed by atoms with Gasteiger partial charge in [-0.15, -0.1) is 0 Å². The summed E-state index contributed by atoms with van der Waals surface area (Å²) < 4.78 is 26.0. The highest BCUT2D eigenvalue weighted by atomic mass is 19.3. The van der Waals surface area contributed by atoms with Crippen LogP contribution in [0.3, 0.4) is 0 Å². The van der Waals surface area contributed by atoms with E-state index in [0.29, 0.717) is 11.3 Å². The minimum Gasteiger partial charge on any atom is -0.326 e. The summed E-state index contributed by atoms with van der Waals surface area (Å²) in [5.74, 6) is -3.19. The molecular weight excluding hydrogens is 250 g/mol. The molecule has 3 nitrogen and oxygen atoms in total. The zero-order chi connectivity index (χ0) is 13.9. The molecule has 0 aliphatic heterocycles. The molecular formula is C14H14F2N2O. The summed E-state index contributed by atoms with van der Waals surface area (Å²) in [5, 5.41) is 11.4. The minimum atomic E-state index is -2.62. The lowest BCUT2D eigenvalue weighted by Gasteiger charge is -2.27. The van der Waals surface area contributed by atoms with E-state index in [1.54, 1.807) is 24.3 Å². The number of hydrogen-bond donors (Lipinski definition) is 1. The average Bonchev–Trinajstić information content (AvgIpc) is 2.39. The van der Waals surface area contributed by atoms with E-state index in [9.17, 15) is 13.6 Å². The van der Waals surface area contributed by atoms with Crippen molar-refractivity contribution in [3.8, 4) is 6.07 Å². The number of nitrogens with one attached hydrogen (secondary N) is 1. The summed E-state index contributed by atoms with van der Waals surface area (Å²) in [6.07, 6.45) is -0.0128. The van der Waals surface area contributed by atoms with E-state index in [1.807, 2.05) is 6.07 Å². The number of rotatable bonds is 2. The molecule has 0 atom stereocenters. The van der Waals surface area contributed by atoms with Crippen molar-refractivity contribution in [2.75, 3.05) is 5.32 Å². The molecule has 0 aromatic heterocycles. The molecule has 0 saturated heterocycles. The summed E-state index contributed by atoms with van der Waals surface area (Å²) in [7, 11) is 0. The van der Waals surface area contributed by atoms with Crippen LogP contribution in [0.2, 0.25) is 0 Å². The van der Waals surface area contributed by atoms with E-state index in [4.69, 9.17) is 5.26 Å². The molecule has 1 aromatic carbocycles. The zero-order valence-electron chi connectivity index (χ0n) is 10.3. The molecule has 1 aromatic rings. The molecule has 1 amide bonds. The highest BCUT2D eigenvalue weighted by Gasteiger charge is 2.37. The van der Waals surface area contributed by atoms with Gasteiger partial charge in [0.05, 0.1) is 11.6 Å². The van der Waals surface area contributed by atoms with Gasteiger partial charge in [-0.05, 0) is 37.1 Å². The Morgan fingerprint density at radius 3 is 2.37 bits per heavy atom. The first-order chi connectivity index (χ1) is 9.00. The molecule has 0 bridgehead atoms. The molecule has 5 heteroatoms. The Kier molecular flexibility index (Phi) is 3.79. The smallest absolute Gasteiger partial charge is 0.248 e. The first kappa shape index (κ1) is 13.5. The highest BCUT2D eigenvalue weighted by molar-refractivity contribution is 5.92. The predicted octanol–water partition coefficient (Wildman–Crippen LogP) is 3.32. The van der Waals surface area contributed by atoms with E-state index < -0.39 is 5.92 Å². The molecule has 1 saturated carbocycles. The second-order valence-electron chi connectivity index (χ2n) is 4.81. The number of carbonyl (C=O) groups is 1. The van der Waals surface area contributed by atoms with E-state index in [1.165, 1.54) is 0 Å². The van der Waals surface area contributed by atoms with Crippen LogP contribution in [-0.2, 0) is 4.79 Å². The summed E-state index contributed by atoms with van der Waals surface area (Å²) in [6, 6.07) is 8.45. The second kappa shape index (κ2) is 5.35. The van der Waals surface area contributed by atoms with Crippen molar-refractivity contribution in [3.63, 3.8) is 0 Å². The number of amides is 1. The van der Waals surface area contributed by atoms with Gasteiger partial charge in [0.25, 0.3) is 0 Å². The standard InChI is InChI=1S/C14H14F2N2O/c15-14(16)7-5-11(6-8-14)13(19)18-12-3-1-10(9-17)2-4-12/h1-4,11H,5-8H2,(H,18,19). The summed E-state index contributed by atoms with van der Waals surface area (Å²) >= 11 is 0. The van der Waals surface area contributed by atoms with Crippen LogP contribution in [0.5, 0.6) is 0 Å². The van der Waals surface area contributed by atoms with Crippen LogP contribution in [-0.4, -0.2) is 11.8 Å². The van der Waals surface area contributed by atoms with Gasteiger partial charge in [0.15, 0.2) is 0 Å². The molecule has 0 radical (unpaired) electrons. The molecule has 100 valence electrons. The summed E-state index contributed by atoms with van der Waals surface area (Å²) in [4.78, 5) is 11.9. The van der Waals surface area contributed by atoms with Gasteiger partial charge in [0.2, 0.25) is 11.8 Å². The fourth-order valence-corrected chi connectivity index (χ4v) is 2.17. The molecule has 2 rings (SSSR count). The van der Waals surface area contributed by atoms with Gasteiger partial charge in [0, 0.05) is 24.4 Å². The lowest BCUT2D eigenvalue weighted by atomic mass is 9.86. The minimum absolute atomic E-state index is 0.217. The molecule has 0 unspecified atom stereocenters. The third-order valence-corrected chi connectivity index (χ3v) is 3.37. The maximum Gasteiger partial charge on any atom is 0.248 e. The largest absolute Gasteiger partial charge is 0.326 e. The van der Waals surface area contributed by atoms with Crippen LogP contribution in [0.15, 0.2) is 24.3 Å². The van der Waals surface area contributed by atoms with Crippen molar-refractivity contribution < 1.29 is 13.6 Å². The maximum atomic E-state index is 13.0. The average molecular weight is 264 g/mol. The fraction of sp³-hybridized carbons (Fsp3) is 0.429. The van der Waals surface area contributed by atoms with Crippen LogP contribution in [0.1, 0.15) is 31.2 Å². The van der Waals surface area contributed by atoms with Crippen LogP contribution in [0.4, 0.5) is 14.5 Å². The number of nitriles is 1. The SMILES string of the molecule is N#Cc1ccc(NC(=O)C2CCC(F)(F)CC2)cc1. The predicted molar refractivity (Wildman–Crippen MR) is 66.7 cm³/mol. The molecule has 0 heterocycles. The van der Waals surface area contributed by atoms with Gasteiger partial charge in [0.1, 0.15) is 0 Å². The van der Waals surface area contributed by atoms with Crippen LogP contribution in [0.25, 0.3) is 0 Å². The van der Waals surface area contributed by atoms with E-state index in [-0.39, 0.29) is 37.5 Å². The van der Waals surface area contributed by atoms with Crippen molar-refractivity contribution in [1.82, 2.24) is 0 Å². The van der Waals surface area contributed by atoms with Gasteiger partial charge in [-0.2, -0.15) is 5.26 Å². The van der Waals surface area contributed by atoms with Gasteiger partial charge in [-0.1, -0.05) is 0 Å². The van der Waals surface area contributed by atoms with Gasteiger partial charge < -0.3 is 5.32 Å². The Balaban J connectivity index is 1.92. The topological polar surface area (TPSA) is 52.9 Å². The molecule has 1 fully saturated rings. The second-order valence-corrected chi connectivity index (χ2v) is 4.81. The molecule has 1 aliphatic rings.